The third-order valence-corrected chi connectivity index (χ3v) is 8.87. The number of aryl methyl sites for hydroxylation is 1. The largest absolute Gasteiger partial charge is 0.497 e. The maximum absolute atomic E-state index is 14.0. The maximum Gasteiger partial charge on any atom is 0.264 e. The van der Waals surface area contributed by atoms with Crippen molar-refractivity contribution in [2.24, 2.45) is 0 Å². The van der Waals surface area contributed by atoms with Crippen molar-refractivity contribution in [3.8, 4) is 5.75 Å². The van der Waals surface area contributed by atoms with Gasteiger partial charge in [0.1, 0.15) is 18.3 Å². The third kappa shape index (κ3) is 7.27. The Bertz CT molecular complexity index is 1410. The van der Waals surface area contributed by atoms with E-state index in [2.05, 4.69) is 5.32 Å². The molecule has 1 atom stereocenters. The molecule has 8 nitrogen and oxygen atoms in total. The van der Waals surface area contributed by atoms with E-state index >= 15 is 0 Å². The van der Waals surface area contributed by atoms with Gasteiger partial charge >= 0.3 is 0 Å². The van der Waals surface area contributed by atoms with E-state index in [0.29, 0.717) is 27.9 Å². The Kier molecular flexibility index (Phi) is 10.8. The average molecular weight is 607 g/mol. The fourth-order valence-electron chi connectivity index (χ4n) is 4.18. The van der Waals surface area contributed by atoms with E-state index < -0.39 is 28.5 Å². The molecule has 0 heterocycles. The van der Waals surface area contributed by atoms with Gasteiger partial charge in [0, 0.05) is 28.7 Å². The second-order valence-corrected chi connectivity index (χ2v) is 11.7. The van der Waals surface area contributed by atoms with Crippen molar-refractivity contribution in [3.05, 3.63) is 87.9 Å². The minimum Gasteiger partial charge on any atom is -0.497 e. The van der Waals surface area contributed by atoms with Gasteiger partial charge < -0.3 is 15.0 Å². The van der Waals surface area contributed by atoms with Crippen molar-refractivity contribution in [3.63, 3.8) is 0 Å². The number of carbonyl (C=O) groups is 2. The van der Waals surface area contributed by atoms with Crippen LogP contribution in [0.1, 0.15) is 31.4 Å². The first kappa shape index (κ1) is 31.3. The van der Waals surface area contributed by atoms with Crippen LogP contribution in [0, 0.1) is 6.92 Å². The molecule has 0 saturated heterocycles. The van der Waals surface area contributed by atoms with E-state index in [0.717, 1.165) is 9.87 Å². The Balaban J connectivity index is 2.10. The minimum atomic E-state index is -4.18. The number of benzene rings is 3. The topological polar surface area (TPSA) is 96.0 Å². The fraction of sp³-hybridized carbons (Fsp3) is 0.310. The van der Waals surface area contributed by atoms with E-state index in [4.69, 9.17) is 27.9 Å². The van der Waals surface area contributed by atoms with Crippen LogP contribution in [0.2, 0.25) is 10.0 Å². The number of halogens is 2. The number of carbonyl (C=O) groups excluding carboxylic acids is 2. The SMILES string of the molecule is CCNC(=O)[C@@H](CC)N(Cc1c(Cl)cccc1Cl)C(=O)CN(c1ccc(OC)cc1)S(=O)(=O)c1ccc(C)cc1. The molecular weight excluding hydrogens is 573 g/mol. The van der Waals surface area contributed by atoms with Crippen LogP contribution in [0.5, 0.6) is 5.75 Å². The minimum absolute atomic E-state index is 0.0261. The van der Waals surface area contributed by atoms with Crippen molar-refractivity contribution in [1.82, 2.24) is 10.2 Å². The molecule has 0 bridgehead atoms. The zero-order chi connectivity index (χ0) is 29.4. The number of methoxy groups -OCH3 is 1. The molecule has 1 N–H and O–H groups in total. The summed E-state index contributed by atoms with van der Waals surface area (Å²) in [5.41, 5.74) is 1.61. The van der Waals surface area contributed by atoms with Crippen molar-refractivity contribution < 1.29 is 22.7 Å². The van der Waals surface area contributed by atoms with Crippen LogP contribution in [0.3, 0.4) is 0 Å². The van der Waals surface area contributed by atoms with Gasteiger partial charge in [-0.25, -0.2) is 8.42 Å². The van der Waals surface area contributed by atoms with Crippen LogP contribution in [0.4, 0.5) is 5.69 Å². The number of nitrogens with one attached hydrogen (secondary N) is 1. The lowest BCUT2D eigenvalue weighted by molar-refractivity contribution is -0.140. The standard InChI is InChI=1S/C29H33Cl2N3O5S/c1-5-27(29(36)32-6-2)33(18-24-25(30)8-7-9-26(24)31)28(35)19-34(21-12-14-22(39-4)15-13-21)40(37,38)23-16-10-20(3)11-17-23/h7-17,27H,5-6,18-19H2,1-4H3,(H,32,36)/t27-/m1/s1. The first-order valence-corrected chi connectivity index (χ1v) is 15.0. The highest BCUT2D eigenvalue weighted by molar-refractivity contribution is 7.92. The Morgan fingerprint density at radius 3 is 2.08 bits per heavy atom. The lowest BCUT2D eigenvalue weighted by atomic mass is 10.1. The van der Waals surface area contributed by atoms with Gasteiger partial charge in [-0.15, -0.1) is 0 Å². The quantitative estimate of drug-likeness (QED) is 0.296. The molecule has 3 aromatic carbocycles. The zero-order valence-corrected chi connectivity index (χ0v) is 25.2. The monoisotopic (exact) mass is 605 g/mol. The normalized spacial score (nSPS) is 11.9. The summed E-state index contributed by atoms with van der Waals surface area (Å²) in [5, 5.41) is 3.42. The van der Waals surface area contributed by atoms with Gasteiger partial charge in [-0.1, -0.05) is 53.9 Å². The van der Waals surface area contributed by atoms with Crippen LogP contribution in [-0.4, -0.2) is 51.4 Å². The summed E-state index contributed by atoms with van der Waals surface area (Å²) in [5.74, 6) is -0.431. The predicted molar refractivity (Wildman–Crippen MR) is 158 cm³/mol. The first-order chi connectivity index (χ1) is 19.0. The molecule has 2 amide bonds. The number of rotatable bonds is 12. The molecule has 0 aliphatic heterocycles. The summed E-state index contributed by atoms with van der Waals surface area (Å²) < 4.78 is 34.1. The van der Waals surface area contributed by atoms with Crippen LogP contribution in [-0.2, 0) is 26.2 Å². The Hall–Kier alpha value is -3.27. The Morgan fingerprint density at radius 2 is 1.55 bits per heavy atom. The Labute approximate surface area is 245 Å². The van der Waals surface area contributed by atoms with Crippen molar-refractivity contribution in [2.45, 2.75) is 44.7 Å². The number of hydrogen-bond acceptors (Lipinski definition) is 5. The molecule has 3 rings (SSSR count). The van der Waals surface area contributed by atoms with E-state index in [-0.39, 0.29) is 29.5 Å². The van der Waals surface area contributed by atoms with Gasteiger partial charge in [0.25, 0.3) is 10.0 Å². The van der Waals surface area contributed by atoms with Crippen LogP contribution in [0.25, 0.3) is 0 Å². The fourth-order valence-corrected chi connectivity index (χ4v) is 6.11. The van der Waals surface area contributed by atoms with Gasteiger partial charge in [0.2, 0.25) is 11.8 Å². The summed E-state index contributed by atoms with van der Waals surface area (Å²) in [6, 6.07) is 16.8. The highest BCUT2D eigenvalue weighted by Crippen LogP contribution is 2.29. The van der Waals surface area contributed by atoms with E-state index in [1.54, 1.807) is 68.4 Å². The number of hydrogen-bond donors (Lipinski definition) is 1. The van der Waals surface area contributed by atoms with E-state index in [1.807, 2.05) is 6.92 Å². The molecular formula is C29H33Cl2N3O5S. The molecule has 3 aromatic rings. The lowest BCUT2D eigenvalue weighted by Crippen LogP contribution is -2.52. The third-order valence-electron chi connectivity index (χ3n) is 6.38. The van der Waals surface area contributed by atoms with Crippen LogP contribution in [0.15, 0.2) is 71.6 Å². The number of ether oxygens (including phenoxy) is 1. The van der Waals surface area contributed by atoms with E-state index in [1.165, 1.54) is 24.1 Å². The summed E-state index contributed by atoms with van der Waals surface area (Å²) in [6.07, 6.45) is 0.285. The lowest BCUT2D eigenvalue weighted by Gasteiger charge is -2.33. The summed E-state index contributed by atoms with van der Waals surface area (Å²) in [6.45, 7) is 5.11. The molecule has 0 fully saturated rings. The number of nitrogens with zero attached hydrogens (tertiary/aromatic N) is 2. The summed E-state index contributed by atoms with van der Waals surface area (Å²) in [7, 11) is -2.68. The second-order valence-electron chi connectivity index (χ2n) is 9.06. The summed E-state index contributed by atoms with van der Waals surface area (Å²) >= 11 is 12.8. The van der Waals surface area contributed by atoms with Crippen molar-refractivity contribution in [1.29, 1.82) is 0 Å². The molecule has 0 unspecified atom stereocenters. The molecule has 0 aliphatic rings. The predicted octanol–water partition coefficient (Wildman–Crippen LogP) is 5.45. The molecule has 0 aromatic heterocycles. The van der Waals surface area contributed by atoms with Gasteiger partial charge in [-0.3, -0.25) is 13.9 Å². The average Bonchev–Trinajstić information content (AvgIpc) is 2.93. The zero-order valence-electron chi connectivity index (χ0n) is 22.9. The number of sulfonamides is 1. The van der Waals surface area contributed by atoms with E-state index in [9.17, 15) is 18.0 Å². The maximum atomic E-state index is 14.0. The first-order valence-electron chi connectivity index (χ1n) is 12.8. The van der Waals surface area contributed by atoms with Crippen molar-refractivity contribution in [2.75, 3.05) is 24.5 Å². The van der Waals surface area contributed by atoms with Gasteiger partial charge in [-0.2, -0.15) is 0 Å². The number of amides is 2. The molecule has 11 heteroatoms. The van der Waals surface area contributed by atoms with Gasteiger partial charge in [0.15, 0.2) is 0 Å². The highest BCUT2D eigenvalue weighted by Gasteiger charge is 2.34. The summed E-state index contributed by atoms with van der Waals surface area (Å²) in [4.78, 5) is 28.4. The Morgan fingerprint density at radius 1 is 0.950 bits per heavy atom. The second kappa shape index (κ2) is 13.9. The molecule has 0 saturated carbocycles. The molecule has 0 spiro atoms. The van der Waals surface area contributed by atoms with Crippen LogP contribution < -0.4 is 14.4 Å². The van der Waals surface area contributed by atoms with Crippen LogP contribution >= 0.6 is 23.2 Å². The molecule has 214 valence electrons. The molecule has 0 aliphatic carbocycles. The van der Waals surface area contributed by atoms with Gasteiger partial charge in [-0.05, 0) is 68.8 Å². The number of likely N-dealkylation sites (N-methyl/N-ethyl adjacent to an activating group) is 1. The van der Waals surface area contributed by atoms with Gasteiger partial charge in [0.05, 0.1) is 17.7 Å². The smallest absolute Gasteiger partial charge is 0.264 e. The highest BCUT2D eigenvalue weighted by atomic mass is 35.5. The number of anilines is 1. The molecule has 0 radical (unpaired) electrons. The molecule has 40 heavy (non-hydrogen) atoms. The van der Waals surface area contributed by atoms with Crippen molar-refractivity contribution >= 4 is 50.7 Å².